The lowest BCUT2D eigenvalue weighted by atomic mass is 10.1. The third-order valence-electron chi connectivity index (χ3n) is 4.35. The van der Waals surface area contributed by atoms with Gasteiger partial charge in [-0.05, 0) is 18.1 Å². The van der Waals surface area contributed by atoms with Crippen LogP contribution in [0, 0.1) is 4.64 Å². The lowest BCUT2D eigenvalue weighted by Crippen LogP contribution is -2.38. The van der Waals surface area contributed by atoms with E-state index in [9.17, 15) is 20.1 Å². The maximum absolute atomic E-state index is 12.8. The second kappa shape index (κ2) is 7.59. The van der Waals surface area contributed by atoms with Gasteiger partial charge in [0.1, 0.15) is 23.0 Å². The van der Waals surface area contributed by atoms with Crippen molar-refractivity contribution in [3.63, 3.8) is 0 Å². The largest absolute Gasteiger partial charge is 0.394 e. The van der Waals surface area contributed by atoms with Crippen molar-refractivity contribution < 1.29 is 20.1 Å². The molecule has 0 unspecified atom stereocenters. The van der Waals surface area contributed by atoms with E-state index < -0.39 is 36.8 Å². The highest BCUT2D eigenvalue weighted by molar-refractivity contribution is 7.71. The topological polar surface area (TPSA) is 96.8 Å². The second-order valence-electron chi connectivity index (χ2n) is 5.96. The monoisotopic (exact) mass is 364 g/mol. The molecular formula is C17H20N2O5S. The van der Waals surface area contributed by atoms with E-state index in [-0.39, 0.29) is 0 Å². The first kappa shape index (κ1) is 18.0. The minimum Gasteiger partial charge on any atom is -0.394 e. The molecule has 1 aromatic heterocycles. The average molecular weight is 364 g/mol. The predicted molar refractivity (Wildman–Crippen MR) is 92.7 cm³/mol. The molecule has 134 valence electrons. The Bertz CT molecular complexity index is 835. The number of aliphatic hydroxyl groups excluding tert-OH is 3. The summed E-state index contributed by atoms with van der Waals surface area (Å²) in [5.74, 6) is 0. The Morgan fingerprint density at radius 1 is 1.12 bits per heavy atom. The predicted octanol–water partition coefficient (Wildman–Crippen LogP) is 0.233. The maximum Gasteiger partial charge on any atom is 0.331 e. The molecule has 0 amide bonds. The summed E-state index contributed by atoms with van der Waals surface area (Å²) in [4.78, 5) is 12.8. The summed E-state index contributed by atoms with van der Waals surface area (Å²) in [7, 11) is 0. The van der Waals surface area contributed by atoms with Gasteiger partial charge in [-0.25, -0.2) is 4.79 Å². The van der Waals surface area contributed by atoms with Gasteiger partial charge in [0.15, 0.2) is 6.23 Å². The molecule has 0 saturated carbocycles. The first-order valence-corrected chi connectivity index (χ1v) is 8.42. The van der Waals surface area contributed by atoms with Gasteiger partial charge in [-0.2, -0.15) is 0 Å². The summed E-state index contributed by atoms with van der Waals surface area (Å²) in [6.07, 6.45) is -2.52. The highest BCUT2D eigenvalue weighted by Gasteiger charge is 2.43. The van der Waals surface area contributed by atoms with Crippen molar-refractivity contribution in [1.29, 1.82) is 0 Å². The Hall–Kier alpha value is -1.84. The van der Waals surface area contributed by atoms with Crippen LogP contribution in [-0.2, 0) is 17.7 Å². The van der Waals surface area contributed by atoms with Gasteiger partial charge < -0.3 is 20.1 Å². The van der Waals surface area contributed by atoms with Crippen molar-refractivity contribution in [3.8, 4) is 0 Å². The van der Waals surface area contributed by atoms with Crippen LogP contribution in [0.2, 0.25) is 0 Å². The smallest absolute Gasteiger partial charge is 0.331 e. The Morgan fingerprint density at radius 2 is 1.84 bits per heavy atom. The molecule has 1 aromatic carbocycles. The quantitative estimate of drug-likeness (QED) is 0.658. The summed E-state index contributed by atoms with van der Waals surface area (Å²) in [5, 5.41) is 29.2. The lowest BCUT2D eigenvalue weighted by molar-refractivity contribution is -0.0555. The van der Waals surface area contributed by atoms with Crippen molar-refractivity contribution in [1.82, 2.24) is 9.13 Å². The number of benzene rings is 1. The average Bonchev–Trinajstić information content (AvgIpc) is 2.91. The minimum atomic E-state index is -1.31. The van der Waals surface area contributed by atoms with Crippen molar-refractivity contribution >= 4 is 12.2 Å². The highest BCUT2D eigenvalue weighted by atomic mass is 32.1. The van der Waals surface area contributed by atoms with Gasteiger partial charge in [-0.3, -0.25) is 9.13 Å². The zero-order chi connectivity index (χ0) is 18.0. The number of hydrogen-bond acceptors (Lipinski definition) is 6. The summed E-state index contributed by atoms with van der Waals surface area (Å²) in [6, 6.07) is 11.3. The Kier molecular flexibility index (Phi) is 5.45. The Labute approximate surface area is 149 Å². The number of rotatable bonds is 5. The molecule has 0 radical (unpaired) electrons. The van der Waals surface area contributed by atoms with Crippen LogP contribution in [-0.4, -0.2) is 49.4 Å². The molecule has 4 atom stereocenters. The molecule has 2 aromatic rings. The van der Waals surface area contributed by atoms with E-state index in [4.69, 9.17) is 17.0 Å². The third-order valence-corrected chi connectivity index (χ3v) is 4.71. The molecule has 1 saturated heterocycles. The van der Waals surface area contributed by atoms with Crippen molar-refractivity contribution in [2.45, 2.75) is 37.5 Å². The SMILES string of the molecule is O=c1n([C@@H]2O[C@H](CO)[C@@H](O)[C@H]2O)ccc(=S)n1CCc1ccccc1. The van der Waals surface area contributed by atoms with E-state index >= 15 is 0 Å². The molecule has 0 aliphatic carbocycles. The molecule has 0 bridgehead atoms. The molecule has 1 aliphatic heterocycles. The van der Waals surface area contributed by atoms with Crippen LogP contribution in [0.3, 0.4) is 0 Å². The van der Waals surface area contributed by atoms with Gasteiger partial charge in [-0.15, -0.1) is 0 Å². The third kappa shape index (κ3) is 3.58. The number of hydrogen-bond donors (Lipinski definition) is 3. The molecule has 8 heteroatoms. The molecule has 3 N–H and O–H groups in total. The van der Waals surface area contributed by atoms with Crippen LogP contribution in [0.4, 0.5) is 0 Å². The normalized spacial score (nSPS) is 26.0. The van der Waals surface area contributed by atoms with E-state index in [2.05, 4.69) is 0 Å². The first-order chi connectivity index (χ1) is 12.0. The van der Waals surface area contributed by atoms with Gasteiger partial charge in [-0.1, -0.05) is 42.5 Å². The first-order valence-electron chi connectivity index (χ1n) is 8.01. The van der Waals surface area contributed by atoms with Crippen LogP contribution < -0.4 is 5.69 Å². The molecule has 7 nitrogen and oxygen atoms in total. The highest BCUT2D eigenvalue weighted by Crippen LogP contribution is 2.27. The molecule has 2 heterocycles. The standard InChI is InChI=1S/C17H20N2O5S/c20-10-12-14(21)15(22)16(24-12)19-9-7-13(25)18(17(19)23)8-6-11-4-2-1-3-5-11/h1-5,7,9,12,14-16,20-22H,6,8,10H2/t12-,14-,15-,16-/m1/s1. The number of ether oxygens (including phenoxy) is 1. The van der Waals surface area contributed by atoms with Gasteiger partial charge in [0.25, 0.3) is 0 Å². The number of aromatic nitrogens is 2. The van der Waals surface area contributed by atoms with Crippen molar-refractivity contribution in [2.24, 2.45) is 0 Å². The second-order valence-corrected chi connectivity index (χ2v) is 6.38. The molecule has 0 spiro atoms. The molecule has 1 aliphatic rings. The van der Waals surface area contributed by atoms with Gasteiger partial charge >= 0.3 is 5.69 Å². The van der Waals surface area contributed by atoms with E-state index in [0.29, 0.717) is 17.6 Å². The van der Waals surface area contributed by atoms with Crippen LogP contribution in [0.25, 0.3) is 0 Å². The minimum absolute atomic E-state index is 0.379. The van der Waals surface area contributed by atoms with Crippen molar-refractivity contribution in [3.05, 3.63) is 63.3 Å². The number of nitrogens with zero attached hydrogens (tertiary/aromatic N) is 2. The van der Waals surface area contributed by atoms with Gasteiger partial charge in [0.2, 0.25) is 0 Å². The Balaban J connectivity index is 1.88. The van der Waals surface area contributed by atoms with Crippen LogP contribution in [0.5, 0.6) is 0 Å². The summed E-state index contributed by atoms with van der Waals surface area (Å²) >= 11 is 5.24. The number of aliphatic hydroxyl groups is 3. The molecule has 1 fully saturated rings. The summed E-state index contributed by atoms with van der Waals surface area (Å²) < 4.78 is 8.43. The van der Waals surface area contributed by atoms with Crippen molar-refractivity contribution in [2.75, 3.05) is 6.61 Å². The summed E-state index contributed by atoms with van der Waals surface area (Å²) in [5.41, 5.74) is 0.644. The maximum atomic E-state index is 12.8. The van der Waals surface area contributed by atoms with Crippen LogP contribution in [0.15, 0.2) is 47.4 Å². The number of aryl methyl sites for hydroxylation is 1. The van der Waals surface area contributed by atoms with Crippen LogP contribution >= 0.6 is 12.2 Å². The Morgan fingerprint density at radius 3 is 2.48 bits per heavy atom. The fourth-order valence-electron chi connectivity index (χ4n) is 2.93. The van der Waals surface area contributed by atoms with Gasteiger partial charge in [0, 0.05) is 12.7 Å². The molecule has 3 rings (SSSR count). The zero-order valence-electron chi connectivity index (χ0n) is 13.4. The van der Waals surface area contributed by atoms with E-state index in [1.807, 2.05) is 30.3 Å². The summed E-state index contributed by atoms with van der Waals surface area (Å²) in [6.45, 7) is -0.0616. The lowest BCUT2D eigenvalue weighted by Gasteiger charge is -2.19. The van der Waals surface area contributed by atoms with E-state index in [0.717, 1.165) is 5.56 Å². The van der Waals surface area contributed by atoms with E-state index in [1.165, 1.54) is 15.3 Å². The molecule has 25 heavy (non-hydrogen) atoms. The fraction of sp³-hybridized carbons (Fsp3) is 0.412. The fourth-order valence-corrected chi connectivity index (χ4v) is 3.16. The van der Waals surface area contributed by atoms with Crippen LogP contribution in [0.1, 0.15) is 11.8 Å². The zero-order valence-corrected chi connectivity index (χ0v) is 14.2. The molecular weight excluding hydrogens is 344 g/mol. The van der Waals surface area contributed by atoms with E-state index in [1.54, 1.807) is 6.07 Å². The van der Waals surface area contributed by atoms with Gasteiger partial charge in [0.05, 0.1) is 6.61 Å².